The maximum atomic E-state index is 5.48. The smallest absolute Gasteiger partial charge is 0.169 e. The number of likely N-dealkylation sites (N-methyl/N-ethyl adjacent to an activating group) is 1. The van der Waals surface area contributed by atoms with Gasteiger partial charge < -0.3 is 15.1 Å². The van der Waals surface area contributed by atoms with Gasteiger partial charge in [-0.1, -0.05) is 31.5 Å². The number of rotatable bonds is 5. The summed E-state index contributed by atoms with van der Waals surface area (Å²) in [7, 11) is 2.18. The van der Waals surface area contributed by atoms with Gasteiger partial charge in [0.25, 0.3) is 0 Å². The standard InChI is InChI=1S/C16H25N3S.ClH/c1-3-4-11-17-16(20)19-12-10-15(13-19)18(2)14-8-6-5-7-9-14;/h5-9,15H,3-4,10-13H2,1-2H3,(H,17,20);1H. The van der Waals surface area contributed by atoms with Gasteiger partial charge in [-0.3, -0.25) is 0 Å². The quantitative estimate of drug-likeness (QED) is 0.660. The van der Waals surface area contributed by atoms with E-state index in [4.69, 9.17) is 12.2 Å². The van der Waals surface area contributed by atoms with Crippen LogP contribution in [0.2, 0.25) is 0 Å². The Labute approximate surface area is 140 Å². The van der Waals surface area contributed by atoms with E-state index in [0.29, 0.717) is 6.04 Å². The van der Waals surface area contributed by atoms with Gasteiger partial charge in [0.2, 0.25) is 0 Å². The van der Waals surface area contributed by atoms with Crippen molar-refractivity contribution in [2.24, 2.45) is 0 Å². The summed E-state index contributed by atoms with van der Waals surface area (Å²) in [6.45, 7) is 5.26. The highest BCUT2D eigenvalue weighted by molar-refractivity contribution is 7.80. The molecular weight excluding hydrogens is 302 g/mol. The minimum Gasteiger partial charge on any atom is -0.370 e. The monoisotopic (exact) mass is 327 g/mol. The summed E-state index contributed by atoms with van der Waals surface area (Å²) in [4.78, 5) is 4.67. The van der Waals surface area contributed by atoms with Crippen LogP contribution >= 0.6 is 24.6 Å². The molecule has 21 heavy (non-hydrogen) atoms. The SMILES string of the molecule is CCCCNC(=S)N1CCC(N(C)c2ccccc2)C1.Cl. The Morgan fingerprint density at radius 3 is 2.76 bits per heavy atom. The molecule has 0 spiro atoms. The van der Waals surface area contributed by atoms with Gasteiger partial charge in [0, 0.05) is 38.4 Å². The first-order valence-electron chi connectivity index (χ1n) is 7.53. The van der Waals surface area contributed by atoms with Crippen molar-refractivity contribution in [2.45, 2.75) is 32.2 Å². The van der Waals surface area contributed by atoms with Gasteiger partial charge in [0.05, 0.1) is 0 Å². The molecule has 0 aliphatic carbocycles. The van der Waals surface area contributed by atoms with Gasteiger partial charge in [-0.2, -0.15) is 0 Å². The zero-order valence-corrected chi connectivity index (χ0v) is 14.6. The molecule has 1 heterocycles. The van der Waals surface area contributed by atoms with E-state index < -0.39 is 0 Å². The molecule has 0 radical (unpaired) electrons. The average Bonchev–Trinajstić information content (AvgIpc) is 2.97. The van der Waals surface area contributed by atoms with E-state index in [1.807, 2.05) is 0 Å². The van der Waals surface area contributed by atoms with E-state index >= 15 is 0 Å². The minimum absolute atomic E-state index is 0. The fourth-order valence-electron chi connectivity index (χ4n) is 2.60. The summed E-state index contributed by atoms with van der Waals surface area (Å²) < 4.78 is 0. The van der Waals surface area contributed by atoms with Gasteiger partial charge >= 0.3 is 0 Å². The van der Waals surface area contributed by atoms with Crippen molar-refractivity contribution in [3.05, 3.63) is 30.3 Å². The molecule has 118 valence electrons. The van der Waals surface area contributed by atoms with E-state index in [2.05, 4.69) is 59.4 Å². The lowest BCUT2D eigenvalue weighted by atomic mass is 10.2. The summed E-state index contributed by atoms with van der Waals surface area (Å²) in [6.07, 6.45) is 3.55. The molecule has 1 aromatic carbocycles. The number of unbranched alkanes of at least 4 members (excludes halogenated alkanes) is 1. The van der Waals surface area contributed by atoms with Crippen molar-refractivity contribution < 1.29 is 0 Å². The topological polar surface area (TPSA) is 18.5 Å². The third kappa shape index (κ3) is 5.04. The number of nitrogens with one attached hydrogen (secondary N) is 1. The highest BCUT2D eigenvalue weighted by Gasteiger charge is 2.27. The Morgan fingerprint density at radius 1 is 1.38 bits per heavy atom. The Kier molecular flexibility index (Phi) is 7.83. The van der Waals surface area contributed by atoms with Crippen molar-refractivity contribution in [2.75, 3.05) is 31.6 Å². The van der Waals surface area contributed by atoms with Crippen LogP contribution in [0.15, 0.2) is 30.3 Å². The third-order valence-electron chi connectivity index (χ3n) is 3.97. The number of nitrogens with zero attached hydrogens (tertiary/aromatic N) is 2. The van der Waals surface area contributed by atoms with E-state index in [0.717, 1.165) is 24.7 Å². The van der Waals surface area contributed by atoms with Crippen LogP contribution in [0.4, 0.5) is 5.69 Å². The molecule has 3 nitrogen and oxygen atoms in total. The Morgan fingerprint density at radius 2 is 2.10 bits per heavy atom. The van der Waals surface area contributed by atoms with Crippen LogP contribution in [0.1, 0.15) is 26.2 Å². The molecule has 1 aliphatic rings. The zero-order chi connectivity index (χ0) is 14.4. The first kappa shape index (κ1) is 18.1. The number of benzene rings is 1. The summed E-state index contributed by atoms with van der Waals surface area (Å²) in [5, 5.41) is 4.28. The number of hydrogen-bond donors (Lipinski definition) is 1. The molecule has 0 amide bonds. The number of thiocarbonyl (C=S) groups is 1. The molecule has 1 fully saturated rings. The molecule has 0 saturated carbocycles. The molecule has 1 N–H and O–H groups in total. The van der Waals surface area contributed by atoms with Gasteiger partial charge in [0.1, 0.15) is 0 Å². The molecule has 1 aromatic rings. The predicted molar refractivity (Wildman–Crippen MR) is 97.6 cm³/mol. The second kappa shape index (κ2) is 9.11. The predicted octanol–water partition coefficient (Wildman–Crippen LogP) is 3.29. The molecule has 0 aromatic heterocycles. The van der Waals surface area contributed by atoms with Crippen molar-refractivity contribution in [1.82, 2.24) is 10.2 Å². The first-order valence-corrected chi connectivity index (χ1v) is 7.94. The summed E-state index contributed by atoms with van der Waals surface area (Å²) in [5.41, 5.74) is 1.28. The van der Waals surface area contributed by atoms with Crippen LogP contribution in [-0.4, -0.2) is 42.7 Å². The molecule has 1 saturated heterocycles. The van der Waals surface area contributed by atoms with Crippen LogP contribution in [-0.2, 0) is 0 Å². The van der Waals surface area contributed by atoms with Crippen molar-refractivity contribution in [1.29, 1.82) is 0 Å². The second-order valence-corrected chi connectivity index (χ2v) is 5.81. The average molecular weight is 328 g/mol. The maximum absolute atomic E-state index is 5.48. The van der Waals surface area contributed by atoms with Gasteiger partial charge in [-0.05, 0) is 37.2 Å². The van der Waals surface area contributed by atoms with Gasteiger partial charge in [0.15, 0.2) is 5.11 Å². The van der Waals surface area contributed by atoms with Crippen LogP contribution in [0.5, 0.6) is 0 Å². The Hall–Kier alpha value is -1.00. The molecule has 2 rings (SSSR count). The summed E-state index contributed by atoms with van der Waals surface area (Å²) in [5.74, 6) is 0. The van der Waals surface area contributed by atoms with Crippen molar-refractivity contribution >= 4 is 35.4 Å². The summed E-state index contributed by atoms with van der Waals surface area (Å²) in [6, 6.07) is 11.1. The second-order valence-electron chi connectivity index (χ2n) is 5.42. The molecule has 5 heteroatoms. The number of para-hydroxylation sites is 1. The third-order valence-corrected chi connectivity index (χ3v) is 4.37. The minimum atomic E-state index is 0. The van der Waals surface area contributed by atoms with Gasteiger partial charge in [-0.25, -0.2) is 0 Å². The van der Waals surface area contributed by atoms with Crippen LogP contribution < -0.4 is 10.2 Å². The lowest BCUT2D eigenvalue weighted by Gasteiger charge is -2.27. The fourth-order valence-corrected chi connectivity index (χ4v) is 2.87. The largest absolute Gasteiger partial charge is 0.370 e. The van der Waals surface area contributed by atoms with Crippen LogP contribution in [0.3, 0.4) is 0 Å². The molecule has 1 unspecified atom stereocenters. The Bertz CT molecular complexity index is 427. The zero-order valence-electron chi connectivity index (χ0n) is 12.9. The normalized spacial score (nSPS) is 17.2. The number of hydrogen-bond acceptors (Lipinski definition) is 2. The Balaban J connectivity index is 0.00000220. The van der Waals surface area contributed by atoms with E-state index in [-0.39, 0.29) is 12.4 Å². The van der Waals surface area contributed by atoms with E-state index in [9.17, 15) is 0 Å². The van der Waals surface area contributed by atoms with Crippen molar-refractivity contribution in [3.8, 4) is 0 Å². The first-order chi connectivity index (χ1) is 9.72. The lowest BCUT2D eigenvalue weighted by molar-refractivity contribution is 0.493. The molecule has 0 bridgehead atoms. The van der Waals surface area contributed by atoms with E-state index in [1.165, 1.54) is 24.9 Å². The number of anilines is 1. The molecule has 1 atom stereocenters. The van der Waals surface area contributed by atoms with Crippen molar-refractivity contribution in [3.63, 3.8) is 0 Å². The van der Waals surface area contributed by atoms with Crippen LogP contribution in [0.25, 0.3) is 0 Å². The number of halogens is 1. The molecule has 1 aliphatic heterocycles. The number of likely N-dealkylation sites (tertiary alicyclic amines) is 1. The summed E-state index contributed by atoms with van der Waals surface area (Å²) >= 11 is 5.48. The maximum Gasteiger partial charge on any atom is 0.169 e. The highest BCUT2D eigenvalue weighted by atomic mass is 35.5. The lowest BCUT2D eigenvalue weighted by Crippen LogP contribution is -2.41. The van der Waals surface area contributed by atoms with Crippen LogP contribution in [0, 0.1) is 0 Å². The van der Waals surface area contributed by atoms with Gasteiger partial charge in [-0.15, -0.1) is 12.4 Å². The fraction of sp³-hybridized carbons (Fsp3) is 0.562. The molecular formula is C16H26ClN3S. The highest BCUT2D eigenvalue weighted by Crippen LogP contribution is 2.21. The van der Waals surface area contributed by atoms with E-state index in [1.54, 1.807) is 0 Å².